The molecule has 3 aromatic rings. The zero-order valence-electron chi connectivity index (χ0n) is 17.8. The molecule has 2 aromatic carbocycles. The molecule has 1 aromatic heterocycles. The highest BCUT2D eigenvalue weighted by Crippen LogP contribution is 2.18. The van der Waals surface area contributed by atoms with Crippen molar-refractivity contribution in [2.75, 3.05) is 18.8 Å². The van der Waals surface area contributed by atoms with Gasteiger partial charge in [0, 0.05) is 32.2 Å². The molecule has 1 aliphatic rings. The van der Waals surface area contributed by atoms with Crippen LogP contribution >= 0.6 is 11.8 Å². The number of nitrogens with zero attached hydrogens (tertiary/aromatic N) is 3. The molecule has 0 atom stereocenters. The van der Waals surface area contributed by atoms with Crippen LogP contribution in [0.25, 0.3) is 11.0 Å². The number of piperidine rings is 1. The fraction of sp³-hybridized carbons (Fsp3) is 0.375. The number of thioether (sulfide) groups is 1. The Kier molecular flexibility index (Phi) is 7.04. The summed E-state index contributed by atoms with van der Waals surface area (Å²) in [5, 5.41) is 3.52. The van der Waals surface area contributed by atoms with Gasteiger partial charge in [-0.15, -0.1) is 0 Å². The zero-order chi connectivity index (χ0) is 21.6. The monoisotopic (exact) mass is 436 g/mol. The number of fused-ring (bicyclic) bond motifs is 1. The number of hydrogen-bond acceptors (Lipinski definition) is 5. The van der Waals surface area contributed by atoms with E-state index in [4.69, 9.17) is 0 Å². The van der Waals surface area contributed by atoms with Crippen molar-refractivity contribution in [2.45, 2.75) is 43.9 Å². The Morgan fingerprint density at radius 1 is 1.10 bits per heavy atom. The molecule has 1 N–H and O–H groups in total. The summed E-state index contributed by atoms with van der Waals surface area (Å²) in [5.74, 6) is 0.165. The van der Waals surface area contributed by atoms with Crippen LogP contribution in [-0.2, 0) is 17.9 Å². The molecular weight excluding hydrogens is 408 g/mol. The lowest BCUT2D eigenvalue weighted by molar-refractivity contribution is -0.119. The van der Waals surface area contributed by atoms with Gasteiger partial charge < -0.3 is 9.88 Å². The maximum Gasteiger partial charge on any atom is 0.283 e. The molecule has 1 amide bonds. The summed E-state index contributed by atoms with van der Waals surface area (Å²) in [6, 6.07) is 18.3. The smallest absolute Gasteiger partial charge is 0.283 e. The molecule has 31 heavy (non-hydrogen) atoms. The molecule has 7 heteroatoms. The van der Waals surface area contributed by atoms with Gasteiger partial charge in [0.2, 0.25) is 5.91 Å². The number of carbonyl (C=O) groups excluding carboxylic acids is 1. The van der Waals surface area contributed by atoms with E-state index < -0.39 is 0 Å². The SMILES string of the molecule is CCn1c(=O)c(SCC(=O)NC2CCN(Cc3ccccc3)CC2)nc2ccccc21. The van der Waals surface area contributed by atoms with Gasteiger partial charge in [0.15, 0.2) is 5.03 Å². The van der Waals surface area contributed by atoms with Crippen molar-refractivity contribution < 1.29 is 4.79 Å². The second-order valence-corrected chi connectivity index (χ2v) is 8.81. The molecule has 1 saturated heterocycles. The minimum atomic E-state index is -0.131. The Bertz CT molecular complexity index is 1090. The Balaban J connectivity index is 1.29. The largest absolute Gasteiger partial charge is 0.353 e. The molecule has 0 unspecified atom stereocenters. The zero-order valence-corrected chi connectivity index (χ0v) is 18.6. The van der Waals surface area contributed by atoms with E-state index in [0.717, 1.165) is 43.5 Å². The fourth-order valence-corrected chi connectivity index (χ4v) is 4.80. The van der Waals surface area contributed by atoms with Crippen molar-refractivity contribution in [2.24, 2.45) is 0 Å². The first-order valence-corrected chi connectivity index (χ1v) is 11.8. The highest BCUT2D eigenvalue weighted by molar-refractivity contribution is 7.99. The number of para-hydroxylation sites is 2. The molecular formula is C24H28N4O2S. The third-order valence-corrected chi connectivity index (χ3v) is 6.63. The third kappa shape index (κ3) is 5.35. The third-order valence-electron chi connectivity index (χ3n) is 5.68. The molecule has 2 heterocycles. The summed E-state index contributed by atoms with van der Waals surface area (Å²) in [6.07, 6.45) is 1.89. The molecule has 0 bridgehead atoms. The van der Waals surface area contributed by atoms with Gasteiger partial charge in [-0.05, 0) is 37.5 Å². The van der Waals surface area contributed by atoms with Crippen LogP contribution in [0.5, 0.6) is 0 Å². The summed E-state index contributed by atoms with van der Waals surface area (Å²) in [6.45, 7) is 5.41. The van der Waals surface area contributed by atoms with E-state index in [1.54, 1.807) is 4.57 Å². The molecule has 1 fully saturated rings. The maximum atomic E-state index is 12.7. The van der Waals surface area contributed by atoms with Crippen LogP contribution in [-0.4, -0.2) is 45.2 Å². The molecule has 162 valence electrons. The number of benzene rings is 2. The van der Waals surface area contributed by atoms with Gasteiger partial charge in [0.1, 0.15) is 0 Å². The second kappa shape index (κ2) is 10.1. The maximum absolute atomic E-state index is 12.7. The quantitative estimate of drug-likeness (QED) is 0.576. The first kappa shape index (κ1) is 21.6. The molecule has 0 spiro atoms. The molecule has 1 aliphatic heterocycles. The van der Waals surface area contributed by atoms with E-state index in [2.05, 4.69) is 39.5 Å². The van der Waals surface area contributed by atoms with Gasteiger partial charge in [-0.25, -0.2) is 4.98 Å². The predicted molar refractivity (Wildman–Crippen MR) is 125 cm³/mol. The normalized spacial score (nSPS) is 15.3. The van der Waals surface area contributed by atoms with Gasteiger partial charge in [0.25, 0.3) is 5.56 Å². The van der Waals surface area contributed by atoms with Crippen LogP contribution in [0.3, 0.4) is 0 Å². The van der Waals surface area contributed by atoms with E-state index in [1.807, 2.05) is 37.3 Å². The minimum absolute atomic E-state index is 0.0380. The minimum Gasteiger partial charge on any atom is -0.353 e. The summed E-state index contributed by atoms with van der Waals surface area (Å²) in [7, 11) is 0. The van der Waals surface area contributed by atoms with E-state index in [9.17, 15) is 9.59 Å². The van der Waals surface area contributed by atoms with Crippen molar-refractivity contribution >= 4 is 28.7 Å². The summed E-state index contributed by atoms with van der Waals surface area (Å²) >= 11 is 1.22. The number of hydrogen-bond donors (Lipinski definition) is 1. The number of likely N-dealkylation sites (tertiary alicyclic amines) is 1. The fourth-order valence-electron chi connectivity index (χ4n) is 4.06. The Labute approximate surface area is 186 Å². The number of amides is 1. The number of rotatable bonds is 7. The van der Waals surface area contributed by atoms with Crippen molar-refractivity contribution in [3.05, 3.63) is 70.5 Å². The van der Waals surface area contributed by atoms with E-state index in [0.29, 0.717) is 11.6 Å². The lowest BCUT2D eigenvalue weighted by Gasteiger charge is -2.32. The van der Waals surface area contributed by atoms with Crippen molar-refractivity contribution in [3.63, 3.8) is 0 Å². The predicted octanol–water partition coefficient (Wildman–Crippen LogP) is 3.29. The molecule has 4 rings (SSSR count). The highest BCUT2D eigenvalue weighted by Gasteiger charge is 2.21. The van der Waals surface area contributed by atoms with Crippen molar-refractivity contribution in [1.29, 1.82) is 0 Å². The van der Waals surface area contributed by atoms with Gasteiger partial charge >= 0.3 is 0 Å². The Morgan fingerprint density at radius 3 is 2.55 bits per heavy atom. The number of carbonyl (C=O) groups is 1. The number of aromatic nitrogens is 2. The average molecular weight is 437 g/mol. The molecule has 0 radical (unpaired) electrons. The summed E-state index contributed by atoms with van der Waals surface area (Å²) < 4.78 is 1.71. The van der Waals surface area contributed by atoms with Gasteiger partial charge in [-0.1, -0.05) is 54.2 Å². The summed E-state index contributed by atoms with van der Waals surface area (Å²) in [4.78, 5) is 32.2. The highest BCUT2D eigenvalue weighted by atomic mass is 32.2. The van der Waals surface area contributed by atoms with Gasteiger partial charge in [0.05, 0.1) is 16.8 Å². The molecule has 6 nitrogen and oxygen atoms in total. The van der Waals surface area contributed by atoms with E-state index in [1.165, 1.54) is 17.3 Å². The topological polar surface area (TPSA) is 67.2 Å². The summed E-state index contributed by atoms with van der Waals surface area (Å²) in [5.41, 5.74) is 2.79. The lowest BCUT2D eigenvalue weighted by Crippen LogP contribution is -2.44. The lowest BCUT2D eigenvalue weighted by atomic mass is 10.0. The van der Waals surface area contributed by atoms with Crippen molar-refractivity contribution in [1.82, 2.24) is 19.8 Å². The van der Waals surface area contributed by atoms with E-state index in [-0.39, 0.29) is 23.3 Å². The van der Waals surface area contributed by atoms with Crippen LogP contribution in [0, 0.1) is 0 Å². The van der Waals surface area contributed by atoms with Crippen molar-refractivity contribution in [3.8, 4) is 0 Å². The van der Waals surface area contributed by atoms with Crippen LogP contribution < -0.4 is 10.9 Å². The van der Waals surface area contributed by atoms with Crippen LogP contribution in [0.2, 0.25) is 0 Å². The van der Waals surface area contributed by atoms with Gasteiger partial charge in [-0.3, -0.25) is 14.5 Å². The van der Waals surface area contributed by atoms with Crippen LogP contribution in [0.1, 0.15) is 25.3 Å². The first-order chi connectivity index (χ1) is 15.1. The number of aryl methyl sites for hydroxylation is 1. The van der Waals surface area contributed by atoms with Crippen LogP contribution in [0.15, 0.2) is 64.4 Å². The first-order valence-electron chi connectivity index (χ1n) is 10.8. The Hall–Kier alpha value is -2.64. The number of nitrogens with one attached hydrogen (secondary N) is 1. The molecule has 0 aliphatic carbocycles. The van der Waals surface area contributed by atoms with Crippen LogP contribution in [0.4, 0.5) is 0 Å². The van der Waals surface area contributed by atoms with Gasteiger partial charge in [-0.2, -0.15) is 0 Å². The second-order valence-electron chi connectivity index (χ2n) is 7.85. The molecule has 0 saturated carbocycles. The standard InChI is InChI=1S/C24H28N4O2S/c1-2-28-21-11-7-6-10-20(21)26-23(24(28)30)31-17-22(29)25-19-12-14-27(15-13-19)16-18-8-4-3-5-9-18/h3-11,19H,2,12-17H2,1H3,(H,25,29). The van der Waals surface area contributed by atoms with E-state index >= 15 is 0 Å². The average Bonchev–Trinajstić information content (AvgIpc) is 2.80. The Morgan fingerprint density at radius 2 is 1.81 bits per heavy atom.